The molecule has 55 heavy (non-hydrogen) atoms. The summed E-state index contributed by atoms with van der Waals surface area (Å²) in [4.78, 5) is 9.73. The van der Waals surface area contributed by atoms with Crippen molar-refractivity contribution in [1.82, 2.24) is 9.97 Å². The molecule has 11 aromatic rings. The van der Waals surface area contributed by atoms with Crippen molar-refractivity contribution in [3.8, 4) is 56.0 Å². The molecule has 2 heterocycles. The van der Waals surface area contributed by atoms with E-state index in [2.05, 4.69) is 109 Å². The summed E-state index contributed by atoms with van der Waals surface area (Å²) in [5.41, 5.74) is 8.37. The molecule has 9 aromatic carbocycles. The topological polar surface area (TPSA) is 38.9 Å². The van der Waals surface area contributed by atoms with Gasteiger partial charge in [-0.15, -0.1) is 0 Å². The minimum Gasteiger partial charge on any atom is -0.438 e. The quantitative estimate of drug-likeness (QED) is 0.167. The molecule has 0 spiro atoms. The van der Waals surface area contributed by atoms with Crippen molar-refractivity contribution < 1.29 is 11.3 Å². The maximum Gasteiger partial charge on any atom is 0.231 e. The zero-order valence-electron chi connectivity index (χ0n) is 34.4. The van der Waals surface area contributed by atoms with Crippen molar-refractivity contribution in [1.29, 1.82) is 0 Å². The normalized spacial score (nSPS) is 12.9. The van der Waals surface area contributed by atoms with Gasteiger partial charge in [-0.2, -0.15) is 4.98 Å². The highest BCUT2D eigenvalue weighted by Crippen LogP contribution is 2.41. The molecule has 0 saturated carbocycles. The van der Waals surface area contributed by atoms with Gasteiger partial charge in [0.2, 0.25) is 5.71 Å². The van der Waals surface area contributed by atoms with Crippen molar-refractivity contribution in [3.63, 3.8) is 0 Å². The molecule has 0 amide bonds. The van der Waals surface area contributed by atoms with Gasteiger partial charge in [-0.25, -0.2) is 4.98 Å². The smallest absolute Gasteiger partial charge is 0.231 e. The first-order chi connectivity index (χ1) is 29.3. The summed E-state index contributed by atoms with van der Waals surface area (Å²) < 4.78 is 48.7. The van der Waals surface area contributed by atoms with Crippen LogP contribution in [0, 0.1) is 0 Å². The lowest BCUT2D eigenvalue weighted by molar-refractivity contribution is 0.653. The van der Waals surface area contributed by atoms with E-state index in [1.54, 1.807) is 0 Å². The molecule has 0 aliphatic carbocycles. The fraction of sp³-hybridized carbons (Fsp3) is 0. The molecule has 0 unspecified atom stereocenters. The molecule has 0 aliphatic rings. The number of furan rings is 1. The fourth-order valence-corrected chi connectivity index (χ4v) is 7.95. The number of fused-ring (bicyclic) bond motifs is 9. The van der Waals surface area contributed by atoms with Gasteiger partial charge in [0.15, 0.2) is 5.82 Å². The number of benzene rings is 9. The van der Waals surface area contributed by atoms with Crippen LogP contribution in [0.1, 0.15) is 6.85 Å². The lowest BCUT2D eigenvalue weighted by Crippen LogP contribution is -1.94. The standard InChI is InChI=1S/C52H32N2O/c1-3-12-33(13-4-1)34-22-24-35(25-23-34)50-49-47-32-40(27-29-48(47)55-52(49)54-51(53-50)36-14-5-2-6-15-36)38-17-11-16-37(30-38)39-26-28-45-43-20-8-7-18-41(43)42-19-9-10-21-44(42)46(45)31-39/h1-32H/i2D,5D,6D,14D,15D. The zero-order chi connectivity index (χ0) is 40.6. The molecule has 0 atom stereocenters. The van der Waals surface area contributed by atoms with Crippen LogP contribution in [-0.2, 0) is 0 Å². The van der Waals surface area contributed by atoms with Crippen LogP contribution in [0.4, 0.5) is 0 Å². The second-order valence-corrected chi connectivity index (χ2v) is 13.8. The van der Waals surface area contributed by atoms with Crippen LogP contribution in [-0.4, -0.2) is 9.97 Å². The molecule has 0 saturated heterocycles. The third-order valence-corrected chi connectivity index (χ3v) is 10.6. The third kappa shape index (κ3) is 5.28. The molecule has 3 nitrogen and oxygen atoms in total. The highest BCUT2D eigenvalue weighted by atomic mass is 16.3. The van der Waals surface area contributed by atoms with Gasteiger partial charge in [-0.3, -0.25) is 0 Å². The molecule has 0 N–H and O–H groups in total. The summed E-state index contributed by atoms with van der Waals surface area (Å²) in [5.74, 6) is -0.00946. The Bertz CT molecular complexity index is 3480. The average molecular weight is 706 g/mol. The minimum absolute atomic E-state index is 0.00946. The first-order valence-corrected chi connectivity index (χ1v) is 18.2. The van der Waals surface area contributed by atoms with E-state index >= 15 is 0 Å². The SMILES string of the molecule is [2H]c1c([2H])c([2H])c(-c2nc(-c3ccc(-c4ccccc4)cc3)c3c(n2)oc2ccc(-c4cccc(-c5ccc6c7ccccc7c7ccccc7c6c5)c4)cc23)c([2H])c1[2H]. The molecule has 0 radical (unpaired) electrons. The first kappa shape index (κ1) is 26.4. The van der Waals surface area contributed by atoms with Crippen molar-refractivity contribution in [2.45, 2.75) is 0 Å². The summed E-state index contributed by atoms with van der Waals surface area (Å²) in [6.45, 7) is 0. The van der Waals surface area contributed by atoms with Crippen LogP contribution >= 0.6 is 0 Å². The first-order valence-electron chi connectivity index (χ1n) is 20.7. The molecule has 0 fully saturated rings. The highest BCUT2D eigenvalue weighted by molar-refractivity contribution is 6.25. The Kier molecular flexibility index (Phi) is 6.07. The van der Waals surface area contributed by atoms with Crippen LogP contribution < -0.4 is 0 Å². The fourth-order valence-electron chi connectivity index (χ4n) is 7.95. The Morgan fingerprint density at radius 3 is 1.56 bits per heavy atom. The third-order valence-electron chi connectivity index (χ3n) is 10.6. The van der Waals surface area contributed by atoms with Crippen LogP contribution in [0.3, 0.4) is 0 Å². The number of aromatic nitrogens is 2. The van der Waals surface area contributed by atoms with Gasteiger partial charge in [-0.1, -0.05) is 170 Å². The van der Waals surface area contributed by atoms with E-state index in [9.17, 15) is 0 Å². The Morgan fingerprint density at radius 1 is 0.364 bits per heavy atom. The summed E-state index contributed by atoms with van der Waals surface area (Å²) in [6, 6.07) is 54.5. The van der Waals surface area contributed by atoms with E-state index in [-0.39, 0.29) is 29.2 Å². The molecule has 3 heteroatoms. The highest BCUT2D eigenvalue weighted by Gasteiger charge is 2.19. The van der Waals surface area contributed by atoms with Crippen molar-refractivity contribution in [2.75, 3.05) is 0 Å². The Labute approximate surface area is 324 Å². The van der Waals surface area contributed by atoms with Gasteiger partial charge < -0.3 is 4.42 Å². The molecule has 11 rings (SSSR count). The monoisotopic (exact) mass is 705 g/mol. The van der Waals surface area contributed by atoms with Crippen LogP contribution in [0.5, 0.6) is 0 Å². The Morgan fingerprint density at radius 2 is 0.873 bits per heavy atom. The van der Waals surface area contributed by atoms with E-state index in [0.29, 0.717) is 16.7 Å². The van der Waals surface area contributed by atoms with E-state index in [0.717, 1.165) is 44.3 Å². The zero-order valence-corrected chi connectivity index (χ0v) is 29.4. The summed E-state index contributed by atoms with van der Waals surface area (Å²) >= 11 is 0. The van der Waals surface area contributed by atoms with Gasteiger partial charge in [0.25, 0.3) is 0 Å². The van der Waals surface area contributed by atoms with E-state index in [1.165, 1.54) is 32.3 Å². The minimum atomic E-state index is -0.477. The Balaban J connectivity index is 1.07. The van der Waals surface area contributed by atoms with Crippen molar-refractivity contribution >= 4 is 54.4 Å². The van der Waals surface area contributed by atoms with E-state index in [4.69, 9.17) is 21.2 Å². The van der Waals surface area contributed by atoms with E-state index in [1.807, 2.05) is 54.6 Å². The maximum atomic E-state index is 8.71. The summed E-state index contributed by atoms with van der Waals surface area (Å²) in [7, 11) is 0. The van der Waals surface area contributed by atoms with Gasteiger partial charge >= 0.3 is 0 Å². The Hall–Kier alpha value is -7.36. The predicted octanol–water partition coefficient (Wildman–Crippen LogP) is 14.2. The largest absolute Gasteiger partial charge is 0.438 e. The lowest BCUT2D eigenvalue weighted by Gasteiger charge is -2.12. The van der Waals surface area contributed by atoms with Gasteiger partial charge in [-0.05, 0) is 90.0 Å². The summed E-state index contributed by atoms with van der Waals surface area (Å²) in [5, 5.41) is 8.86. The molecular formula is C52H32N2O. The molecule has 0 bridgehead atoms. The molecule has 2 aromatic heterocycles. The van der Waals surface area contributed by atoms with Crippen LogP contribution in [0.2, 0.25) is 0 Å². The lowest BCUT2D eigenvalue weighted by atomic mass is 9.91. The average Bonchev–Trinajstić information content (AvgIpc) is 3.68. The number of rotatable bonds is 5. The molecule has 256 valence electrons. The number of hydrogen-bond donors (Lipinski definition) is 0. The van der Waals surface area contributed by atoms with Gasteiger partial charge in [0.1, 0.15) is 5.58 Å². The van der Waals surface area contributed by atoms with Crippen LogP contribution in [0.25, 0.3) is 110 Å². The molecule has 0 aliphatic heterocycles. The summed E-state index contributed by atoms with van der Waals surface area (Å²) in [6.07, 6.45) is 0. The van der Waals surface area contributed by atoms with Gasteiger partial charge in [0, 0.05) is 16.5 Å². The van der Waals surface area contributed by atoms with E-state index < -0.39 is 18.1 Å². The molecular weight excluding hydrogens is 669 g/mol. The van der Waals surface area contributed by atoms with Crippen LogP contribution in [0.15, 0.2) is 198 Å². The van der Waals surface area contributed by atoms with Crippen molar-refractivity contribution in [2.24, 2.45) is 0 Å². The second kappa shape index (κ2) is 12.6. The van der Waals surface area contributed by atoms with Crippen molar-refractivity contribution in [3.05, 3.63) is 194 Å². The van der Waals surface area contributed by atoms with Gasteiger partial charge in [0.05, 0.1) is 17.9 Å². The number of nitrogens with zero attached hydrogens (tertiary/aromatic N) is 2. The maximum absolute atomic E-state index is 8.71. The second-order valence-electron chi connectivity index (χ2n) is 13.8. The predicted molar refractivity (Wildman–Crippen MR) is 229 cm³/mol. The number of hydrogen-bond acceptors (Lipinski definition) is 3.